The van der Waals surface area contributed by atoms with Crippen molar-refractivity contribution in [3.8, 4) is 0 Å². The number of aliphatic hydroxyl groups is 4. The third kappa shape index (κ3) is 13.5. The van der Waals surface area contributed by atoms with Gasteiger partial charge in [-0.05, 0) is 175 Å². The quantitative estimate of drug-likeness (QED) is 0.0468. The first kappa shape index (κ1) is 56.7. The monoisotopic (exact) mass is 1020 g/mol. The summed E-state index contributed by atoms with van der Waals surface area (Å²) in [5.41, 5.74) is 3.39. The van der Waals surface area contributed by atoms with E-state index in [0.717, 1.165) is 122 Å². The Balaban J connectivity index is 0.000000219. The number of aliphatic hydroxyl groups excluding tert-OH is 2. The molecule has 5 N–H and O–H groups in total. The van der Waals surface area contributed by atoms with Gasteiger partial charge < -0.3 is 40.1 Å². The van der Waals surface area contributed by atoms with Crippen molar-refractivity contribution in [3.63, 3.8) is 0 Å². The van der Waals surface area contributed by atoms with Crippen molar-refractivity contribution in [1.29, 1.82) is 0 Å². The minimum Gasteiger partial charge on any atom is -0.481 e. The van der Waals surface area contributed by atoms with E-state index >= 15 is 0 Å². The number of nitrogens with zero attached hydrogens (tertiary/aromatic N) is 2. The maximum atomic E-state index is 12.1. The van der Waals surface area contributed by atoms with Crippen molar-refractivity contribution in [2.75, 3.05) is 46.4 Å². The van der Waals surface area contributed by atoms with Gasteiger partial charge in [-0.15, -0.1) is 0 Å². The molecule has 2 fully saturated rings. The SMILES string of the molecule is CC(C)(C(=O)O)c1ccc(C(O)CCCN2CCC(C(O)(c3ccccc3)c3ccccc3)CC2)cc1.COC(=O)C(C)(C)c1ccc(C(O)CCCN2CCC(C(O)(c3ccccc3)c3ccccc3)CC2)cc1. The predicted molar refractivity (Wildman–Crippen MR) is 297 cm³/mol. The zero-order chi connectivity index (χ0) is 53.6. The molecule has 75 heavy (non-hydrogen) atoms. The van der Waals surface area contributed by atoms with Gasteiger partial charge in [0.25, 0.3) is 0 Å². The number of methoxy groups -OCH3 is 1. The second-order valence-electron chi connectivity index (χ2n) is 21.8. The number of esters is 1. The first-order valence-electron chi connectivity index (χ1n) is 27.0. The molecule has 2 atom stereocenters. The Kier molecular flexibility index (Phi) is 19.4. The summed E-state index contributed by atoms with van der Waals surface area (Å²) in [5, 5.41) is 55.0. The highest BCUT2D eigenvalue weighted by molar-refractivity contribution is 5.82. The van der Waals surface area contributed by atoms with E-state index in [1.165, 1.54) is 7.11 Å². The predicted octanol–water partition coefficient (Wildman–Crippen LogP) is 11.1. The lowest BCUT2D eigenvalue weighted by atomic mass is 9.72. The molecular formula is C65H80N2O8. The fraction of sp³-hybridized carbons (Fsp3) is 0.415. The van der Waals surface area contributed by atoms with Crippen molar-refractivity contribution < 1.29 is 39.9 Å². The van der Waals surface area contributed by atoms with Crippen LogP contribution in [-0.2, 0) is 36.4 Å². The van der Waals surface area contributed by atoms with Gasteiger partial charge in [-0.2, -0.15) is 0 Å². The van der Waals surface area contributed by atoms with E-state index in [1.807, 2.05) is 172 Å². The number of hydrogen-bond donors (Lipinski definition) is 5. The highest BCUT2D eigenvalue weighted by Crippen LogP contribution is 2.44. The first-order valence-corrected chi connectivity index (χ1v) is 27.0. The summed E-state index contributed by atoms with van der Waals surface area (Å²) < 4.78 is 4.92. The fourth-order valence-corrected chi connectivity index (χ4v) is 11.3. The van der Waals surface area contributed by atoms with Gasteiger partial charge in [0.05, 0.1) is 30.1 Å². The van der Waals surface area contributed by atoms with Crippen LogP contribution in [0.3, 0.4) is 0 Å². The highest BCUT2D eigenvalue weighted by atomic mass is 16.5. The van der Waals surface area contributed by atoms with Crippen LogP contribution in [0.25, 0.3) is 0 Å². The van der Waals surface area contributed by atoms with Crippen molar-refractivity contribution in [2.45, 2.75) is 113 Å². The number of aliphatic carboxylic acids is 1. The molecule has 398 valence electrons. The number of carbonyl (C=O) groups is 2. The zero-order valence-electron chi connectivity index (χ0n) is 44.7. The maximum absolute atomic E-state index is 12.1. The van der Waals surface area contributed by atoms with E-state index in [0.29, 0.717) is 12.8 Å². The minimum atomic E-state index is -1.01. The number of piperidine rings is 2. The summed E-state index contributed by atoms with van der Waals surface area (Å²) in [4.78, 5) is 28.4. The Morgan fingerprint density at radius 2 is 0.773 bits per heavy atom. The lowest BCUT2D eigenvalue weighted by Crippen LogP contribution is -2.44. The van der Waals surface area contributed by atoms with Crippen LogP contribution in [0.1, 0.15) is 136 Å². The van der Waals surface area contributed by atoms with Crippen LogP contribution in [0, 0.1) is 11.8 Å². The average molecular weight is 1020 g/mol. The first-order chi connectivity index (χ1) is 36.0. The Morgan fingerprint density at radius 1 is 0.480 bits per heavy atom. The van der Waals surface area contributed by atoms with Gasteiger partial charge in [0, 0.05) is 0 Å². The number of carboxylic acids is 1. The molecule has 0 amide bonds. The normalized spacial score (nSPS) is 16.3. The number of carbonyl (C=O) groups excluding carboxylic acids is 1. The lowest BCUT2D eigenvalue weighted by molar-refractivity contribution is -0.146. The second-order valence-corrected chi connectivity index (χ2v) is 21.8. The maximum Gasteiger partial charge on any atom is 0.315 e. The number of ether oxygens (including phenoxy) is 1. The lowest BCUT2D eigenvalue weighted by Gasteiger charge is -2.42. The van der Waals surface area contributed by atoms with E-state index in [-0.39, 0.29) is 17.8 Å². The minimum absolute atomic E-state index is 0.132. The van der Waals surface area contributed by atoms with Gasteiger partial charge in [0.2, 0.25) is 0 Å². The Labute approximate surface area is 445 Å². The van der Waals surface area contributed by atoms with Crippen LogP contribution in [-0.4, -0.2) is 93.6 Å². The molecule has 2 heterocycles. The fourth-order valence-electron chi connectivity index (χ4n) is 11.3. The summed E-state index contributed by atoms with van der Waals surface area (Å²) in [6.07, 6.45) is 5.63. The topological polar surface area (TPSA) is 151 Å². The van der Waals surface area contributed by atoms with E-state index < -0.39 is 40.2 Å². The van der Waals surface area contributed by atoms with Crippen LogP contribution in [0.15, 0.2) is 170 Å². The smallest absolute Gasteiger partial charge is 0.315 e. The molecule has 0 aromatic heterocycles. The van der Waals surface area contributed by atoms with Crippen molar-refractivity contribution in [2.24, 2.45) is 11.8 Å². The molecule has 10 heteroatoms. The molecule has 0 radical (unpaired) electrons. The summed E-state index contributed by atoms with van der Waals surface area (Å²) in [5.74, 6) is -0.870. The molecule has 2 unspecified atom stereocenters. The third-order valence-electron chi connectivity index (χ3n) is 16.4. The molecule has 6 aromatic carbocycles. The van der Waals surface area contributed by atoms with Gasteiger partial charge in [-0.1, -0.05) is 170 Å². The molecule has 2 aliphatic heterocycles. The summed E-state index contributed by atoms with van der Waals surface area (Å²) >= 11 is 0. The standard InChI is InChI=1S/C33H41NO4.C32H39NO4/c1-32(2,31(36)38-3)26-18-16-25(17-19-26)30(35)15-10-22-34-23-20-29(21-24-34)33(37,27-11-6-4-7-12-27)28-13-8-5-9-14-28;1-31(2,30(35)36)25-17-15-24(16-18-25)29(34)14-9-21-33-22-19-28(20-23-33)32(37,26-10-5-3-6-11-26)27-12-7-4-8-13-27/h4-9,11-14,16-19,29-30,35,37H,10,15,20-24H2,1-3H3;3-8,10-13,15-18,28-29,34,37H,9,14,19-23H2,1-2H3,(H,35,36). The molecule has 6 aromatic rings. The molecule has 2 saturated heterocycles. The largest absolute Gasteiger partial charge is 0.481 e. The molecule has 10 nitrogen and oxygen atoms in total. The van der Waals surface area contributed by atoms with Crippen LogP contribution < -0.4 is 0 Å². The van der Waals surface area contributed by atoms with Crippen molar-refractivity contribution in [3.05, 3.63) is 214 Å². The van der Waals surface area contributed by atoms with Crippen molar-refractivity contribution >= 4 is 11.9 Å². The number of rotatable bonds is 20. The zero-order valence-corrected chi connectivity index (χ0v) is 44.7. The van der Waals surface area contributed by atoms with E-state index in [2.05, 4.69) is 9.80 Å². The summed E-state index contributed by atoms with van der Waals surface area (Å²) in [6.45, 7) is 12.6. The molecule has 0 saturated carbocycles. The Bertz CT molecular complexity index is 2590. The third-order valence-corrected chi connectivity index (χ3v) is 16.4. The molecular weight excluding hydrogens is 937 g/mol. The Hall–Kier alpha value is -5.98. The van der Waals surface area contributed by atoms with Gasteiger partial charge in [0.1, 0.15) is 11.2 Å². The highest BCUT2D eigenvalue weighted by Gasteiger charge is 2.43. The van der Waals surface area contributed by atoms with Gasteiger partial charge in [-0.25, -0.2) is 0 Å². The molecule has 0 spiro atoms. The number of hydrogen-bond acceptors (Lipinski definition) is 9. The molecule has 8 rings (SSSR count). The van der Waals surface area contributed by atoms with E-state index in [9.17, 15) is 35.1 Å². The second kappa shape index (κ2) is 25.7. The molecule has 2 aliphatic rings. The number of likely N-dealkylation sites (tertiary alicyclic amines) is 2. The van der Waals surface area contributed by atoms with Crippen LogP contribution in [0.2, 0.25) is 0 Å². The van der Waals surface area contributed by atoms with Crippen molar-refractivity contribution in [1.82, 2.24) is 9.80 Å². The van der Waals surface area contributed by atoms with Crippen LogP contribution >= 0.6 is 0 Å². The van der Waals surface area contributed by atoms with Gasteiger partial charge in [0.15, 0.2) is 0 Å². The number of carboxylic acid groups (broad SMARTS) is 1. The molecule has 0 bridgehead atoms. The van der Waals surface area contributed by atoms with Gasteiger partial charge in [-0.3, -0.25) is 9.59 Å². The average Bonchev–Trinajstić information content (AvgIpc) is 3.46. The van der Waals surface area contributed by atoms with Gasteiger partial charge >= 0.3 is 11.9 Å². The van der Waals surface area contributed by atoms with E-state index in [4.69, 9.17) is 4.74 Å². The molecule has 0 aliphatic carbocycles. The van der Waals surface area contributed by atoms with Crippen LogP contribution in [0.5, 0.6) is 0 Å². The summed E-state index contributed by atoms with van der Waals surface area (Å²) in [6, 6.07) is 55.0. The number of benzene rings is 6. The Morgan fingerprint density at radius 3 is 1.05 bits per heavy atom. The summed E-state index contributed by atoms with van der Waals surface area (Å²) in [7, 11) is 1.40. The van der Waals surface area contributed by atoms with Crippen LogP contribution in [0.4, 0.5) is 0 Å². The van der Waals surface area contributed by atoms with E-state index in [1.54, 1.807) is 26.0 Å².